The van der Waals surface area contributed by atoms with Crippen molar-refractivity contribution in [1.29, 1.82) is 0 Å². The van der Waals surface area contributed by atoms with Gasteiger partial charge in [-0.1, -0.05) is 35.6 Å². The van der Waals surface area contributed by atoms with Gasteiger partial charge >= 0.3 is 10.8 Å². The monoisotopic (exact) mass is 303 g/mol. The van der Waals surface area contributed by atoms with Crippen LogP contribution in [0.2, 0.25) is 0 Å². The highest BCUT2D eigenvalue weighted by Crippen LogP contribution is 2.33. The number of fused-ring (bicyclic) bond motifs is 3. The van der Waals surface area contributed by atoms with Gasteiger partial charge in [0.15, 0.2) is 0 Å². The predicted octanol–water partition coefficient (Wildman–Crippen LogP) is 2.93. The molecule has 2 aromatic rings. The van der Waals surface area contributed by atoms with Crippen LogP contribution in [0.5, 0.6) is 0 Å². The van der Waals surface area contributed by atoms with E-state index < -0.39 is 5.97 Å². The molecular formula is C16H17NO3S. The van der Waals surface area contributed by atoms with Crippen molar-refractivity contribution in [2.45, 2.75) is 38.6 Å². The van der Waals surface area contributed by atoms with E-state index in [9.17, 15) is 9.59 Å². The first-order valence-corrected chi connectivity index (χ1v) is 8.01. The minimum atomic E-state index is -0.815. The molecule has 0 amide bonds. The molecule has 0 spiro atoms. The topological polar surface area (TPSA) is 59.3 Å². The van der Waals surface area contributed by atoms with E-state index in [4.69, 9.17) is 5.11 Å². The lowest BCUT2D eigenvalue weighted by Crippen LogP contribution is -2.15. The maximum Gasteiger partial charge on any atom is 0.307 e. The van der Waals surface area contributed by atoms with Gasteiger partial charge in [0, 0.05) is 23.4 Å². The first-order valence-electron chi connectivity index (χ1n) is 7.19. The normalized spacial score (nSPS) is 13.3. The molecule has 1 heterocycles. The number of aryl methyl sites for hydroxylation is 2. The lowest BCUT2D eigenvalue weighted by Gasteiger charge is -2.10. The maximum atomic E-state index is 12.2. The first kappa shape index (κ1) is 14.1. The van der Waals surface area contributed by atoms with Gasteiger partial charge in [0.25, 0.3) is 0 Å². The summed E-state index contributed by atoms with van der Waals surface area (Å²) in [5.74, 6) is -0.815. The summed E-state index contributed by atoms with van der Waals surface area (Å²) in [6, 6.07) is 8.22. The molecule has 0 fully saturated rings. The van der Waals surface area contributed by atoms with Gasteiger partial charge in [-0.05, 0) is 31.2 Å². The van der Waals surface area contributed by atoms with Crippen LogP contribution in [0, 0.1) is 0 Å². The maximum absolute atomic E-state index is 12.2. The molecule has 1 aliphatic rings. The Bertz CT molecular complexity index is 729. The van der Waals surface area contributed by atoms with Crippen LogP contribution in [0.4, 0.5) is 0 Å². The second-order valence-electron chi connectivity index (χ2n) is 5.30. The van der Waals surface area contributed by atoms with Crippen molar-refractivity contribution < 1.29 is 9.90 Å². The molecule has 4 nitrogen and oxygen atoms in total. The summed E-state index contributed by atoms with van der Waals surface area (Å²) >= 11 is 1.31. The Balaban J connectivity index is 2.03. The summed E-state index contributed by atoms with van der Waals surface area (Å²) in [7, 11) is 0. The molecule has 21 heavy (non-hydrogen) atoms. The van der Waals surface area contributed by atoms with Gasteiger partial charge < -0.3 is 5.11 Å². The highest BCUT2D eigenvalue weighted by molar-refractivity contribution is 7.09. The summed E-state index contributed by atoms with van der Waals surface area (Å²) in [6.07, 6.45) is 3.59. The van der Waals surface area contributed by atoms with Gasteiger partial charge in [-0.2, -0.15) is 0 Å². The molecule has 0 saturated heterocycles. The number of rotatable bonds is 4. The van der Waals surface area contributed by atoms with Crippen LogP contribution in [0.1, 0.15) is 29.7 Å². The third-order valence-corrected chi connectivity index (χ3v) is 4.90. The standard InChI is InChI=1S/C16H17NO3S/c18-14(19)9-4-10-17-15-12-7-2-1-5-11(12)6-3-8-13(15)21-16(17)20/h1-2,5,7H,3-4,6,8-10H2,(H,18,19). The van der Waals surface area contributed by atoms with Crippen LogP contribution in [-0.4, -0.2) is 15.6 Å². The largest absolute Gasteiger partial charge is 0.481 e. The molecule has 0 saturated carbocycles. The summed E-state index contributed by atoms with van der Waals surface area (Å²) in [5, 5.41) is 8.77. The number of hydrogen-bond acceptors (Lipinski definition) is 3. The fourth-order valence-electron chi connectivity index (χ4n) is 2.92. The van der Waals surface area contributed by atoms with Crippen LogP contribution in [0.15, 0.2) is 29.1 Å². The predicted molar refractivity (Wildman–Crippen MR) is 82.9 cm³/mol. The number of nitrogens with zero attached hydrogens (tertiary/aromatic N) is 1. The second kappa shape index (κ2) is 5.85. The molecule has 0 bridgehead atoms. The molecule has 0 unspecified atom stereocenters. The minimum Gasteiger partial charge on any atom is -0.481 e. The van der Waals surface area contributed by atoms with Crippen LogP contribution in [0.25, 0.3) is 11.3 Å². The Morgan fingerprint density at radius 1 is 1.29 bits per heavy atom. The fraction of sp³-hybridized carbons (Fsp3) is 0.375. The van der Waals surface area contributed by atoms with Crippen molar-refractivity contribution in [1.82, 2.24) is 4.57 Å². The quantitative estimate of drug-likeness (QED) is 0.944. The molecule has 0 radical (unpaired) electrons. The number of hydrogen-bond donors (Lipinski definition) is 1. The molecule has 110 valence electrons. The lowest BCUT2D eigenvalue weighted by molar-refractivity contribution is -0.137. The smallest absolute Gasteiger partial charge is 0.307 e. The molecule has 1 aromatic carbocycles. The van der Waals surface area contributed by atoms with Crippen LogP contribution in [0.3, 0.4) is 0 Å². The Kier molecular flexibility index (Phi) is 3.92. The highest BCUT2D eigenvalue weighted by atomic mass is 32.1. The van der Waals surface area contributed by atoms with Crippen molar-refractivity contribution in [3.05, 3.63) is 44.4 Å². The van der Waals surface area contributed by atoms with E-state index in [2.05, 4.69) is 12.1 Å². The zero-order valence-corrected chi connectivity index (χ0v) is 12.5. The van der Waals surface area contributed by atoms with E-state index in [0.29, 0.717) is 13.0 Å². The Morgan fingerprint density at radius 2 is 2.10 bits per heavy atom. The third kappa shape index (κ3) is 2.78. The molecule has 5 heteroatoms. The average molecular weight is 303 g/mol. The zero-order valence-electron chi connectivity index (χ0n) is 11.7. The molecule has 1 aliphatic carbocycles. The van der Waals surface area contributed by atoms with Crippen molar-refractivity contribution in [3.63, 3.8) is 0 Å². The molecular weight excluding hydrogens is 286 g/mol. The number of carboxylic acids is 1. The molecule has 0 atom stereocenters. The van der Waals surface area contributed by atoms with Gasteiger partial charge in [0.1, 0.15) is 0 Å². The molecule has 1 aromatic heterocycles. The Hall–Kier alpha value is -1.88. The summed E-state index contributed by atoms with van der Waals surface area (Å²) in [5.41, 5.74) is 3.43. The summed E-state index contributed by atoms with van der Waals surface area (Å²) in [4.78, 5) is 24.1. The van der Waals surface area contributed by atoms with Crippen molar-refractivity contribution in [3.8, 4) is 11.3 Å². The van der Waals surface area contributed by atoms with E-state index in [0.717, 1.165) is 35.4 Å². The van der Waals surface area contributed by atoms with Crippen molar-refractivity contribution in [2.75, 3.05) is 0 Å². The van der Waals surface area contributed by atoms with Crippen LogP contribution >= 0.6 is 11.3 Å². The number of thiazole rings is 1. The second-order valence-corrected chi connectivity index (χ2v) is 6.35. The lowest BCUT2D eigenvalue weighted by atomic mass is 10.0. The average Bonchev–Trinajstić information content (AvgIpc) is 2.65. The molecule has 0 aliphatic heterocycles. The van der Waals surface area contributed by atoms with E-state index in [1.165, 1.54) is 16.9 Å². The Labute approximate surface area is 126 Å². The van der Waals surface area contributed by atoms with E-state index in [-0.39, 0.29) is 11.3 Å². The van der Waals surface area contributed by atoms with E-state index in [1.54, 1.807) is 4.57 Å². The Morgan fingerprint density at radius 3 is 2.90 bits per heavy atom. The summed E-state index contributed by atoms with van der Waals surface area (Å²) in [6.45, 7) is 0.477. The number of carboxylic acid groups (broad SMARTS) is 1. The first-order chi connectivity index (χ1) is 10.2. The number of carbonyl (C=O) groups is 1. The SMILES string of the molecule is O=C(O)CCCn1c2c(sc1=O)CCCc1ccccc1-2. The molecule has 1 N–H and O–H groups in total. The van der Waals surface area contributed by atoms with E-state index >= 15 is 0 Å². The number of aliphatic carboxylic acids is 1. The van der Waals surface area contributed by atoms with Gasteiger partial charge in [0.05, 0.1) is 5.69 Å². The van der Waals surface area contributed by atoms with Gasteiger partial charge in [-0.3, -0.25) is 14.2 Å². The van der Waals surface area contributed by atoms with Crippen molar-refractivity contribution >= 4 is 17.3 Å². The van der Waals surface area contributed by atoms with Crippen LogP contribution in [-0.2, 0) is 24.2 Å². The molecule has 3 rings (SSSR count). The van der Waals surface area contributed by atoms with Gasteiger partial charge in [-0.25, -0.2) is 0 Å². The highest BCUT2D eigenvalue weighted by Gasteiger charge is 2.21. The van der Waals surface area contributed by atoms with E-state index in [1.807, 2.05) is 12.1 Å². The summed E-state index contributed by atoms with van der Waals surface area (Å²) < 4.78 is 1.77. The van der Waals surface area contributed by atoms with Gasteiger partial charge in [0.2, 0.25) is 0 Å². The zero-order chi connectivity index (χ0) is 14.8. The van der Waals surface area contributed by atoms with Crippen molar-refractivity contribution in [2.24, 2.45) is 0 Å². The number of aromatic nitrogens is 1. The van der Waals surface area contributed by atoms with Gasteiger partial charge in [-0.15, -0.1) is 0 Å². The minimum absolute atomic E-state index is 0.0297. The fourth-order valence-corrected chi connectivity index (χ4v) is 3.98. The third-order valence-electron chi connectivity index (χ3n) is 3.86. The van der Waals surface area contributed by atoms with Crippen LogP contribution < -0.4 is 4.87 Å². The number of benzene rings is 1.